The number of aromatic nitrogens is 1. The Hall–Kier alpha value is -2.24. The Kier molecular flexibility index (Phi) is 4.98. The van der Waals surface area contributed by atoms with E-state index < -0.39 is 0 Å². The van der Waals surface area contributed by atoms with Crippen LogP contribution in [0.3, 0.4) is 0 Å². The minimum absolute atomic E-state index is 0.0922. The third kappa shape index (κ3) is 3.12. The van der Waals surface area contributed by atoms with Gasteiger partial charge in [-0.15, -0.1) is 11.8 Å². The lowest BCUT2D eigenvalue weighted by molar-refractivity contribution is -0.117. The molecule has 1 aromatic heterocycles. The van der Waals surface area contributed by atoms with E-state index in [9.17, 15) is 4.79 Å². The second-order valence-corrected chi connectivity index (χ2v) is 8.77. The summed E-state index contributed by atoms with van der Waals surface area (Å²) < 4.78 is 5.28. The Morgan fingerprint density at radius 2 is 1.96 bits per heavy atom. The van der Waals surface area contributed by atoms with Crippen LogP contribution in [0.2, 0.25) is 5.15 Å². The number of aryl methyl sites for hydroxylation is 1. The van der Waals surface area contributed by atoms with Crippen LogP contribution in [0.1, 0.15) is 29.0 Å². The fraction of sp³-hybridized carbons (Fsp3) is 0.273. The lowest BCUT2D eigenvalue weighted by atomic mass is 10.1. The summed E-state index contributed by atoms with van der Waals surface area (Å²) >= 11 is 8.20. The smallest absolute Gasteiger partial charge is 0.241 e. The number of carbonyl (C=O) groups is 1. The van der Waals surface area contributed by atoms with Crippen LogP contribution >= 0.6 is 23.4 Å². The Balaban J connectivity index is 1.85. The van der Waals surface area contributed by atoms with Gasteiger partial charge < -0.3 is 4.74 Å². The van der Waals surface area contributed by atoms with Crippen LogP contribution in [-0.2, 0) is 4.79 Å². The molecule has 1 aliphatic rings. The number of fused-ring (bicyclic) bond motifs is 1. The molecule has 0 N–H and O–H groups in total. The molecular formula is C22H21ClN2O2S. The number of anilines is 1. The molecule has 1 saturated heterocycles. The molecule has 1 aliphatic heterocycles. The highest BCUT2D eigenvalue weighted by molar-refractivity contribution is 8.01. The van der Waals surface area contributed by atoms with Crippen molar-refractivity contribution in [2.75, 3.05) is 12.0 Å². The second kappa shape index (κ2) is 7.30. The Labute approximate surface area is 173 Å². The van der Waals surface area contributed by atoms with Crippen molar-refractivity contribution in [2.24, 2.45) is 0 Å². The Bertz CT molecular complexity index is 1090. The predicted octanol–water partition coefficient (Wildman–Crippen LogP) is 5.68. The van der Waals surface area contributed by atoms with Gasteiger partial charge in [0.05, 0.1) is 17.9 Å². The van der Waals surface area contributed by atoms with Gasteiger partial charge in [-0.2, -0.15) is 0 Å². The van der Waals surface area contributed by atoms with Gasteiger partial charge in [0, 0.05) is 22.7 Å². The average molecular weight is 413 g/mol. The van der Waals surface area contributed by atoms with Crippen molar-refractivity contribution >= 4 is 45.9 Å². The van der Waals surface area contributed by atoms with Gasteiger partial charge in [0.1, 0.15) is 16.3 Å². The summed E-state index contributed by atoms with van der Waals surface area (Å²) in [5.74, 6) is 0.828. The molecule has 3 aromatic rings. The lowest BCUT2D eigenvalue weighted by Crippen LogP contribution is -2.31. The van der Waals surface area contributed by atoms with Gasteiger partial charge in [-0.3, -0.25) is 9.69 Å². The minimum Gasteiger partial charge on any atom is -0.497 e. The molecule has 2 unspecified atom stereocenters. The van der Waals surface area contributed by atoms with Gasteiger partial charge in [-0.05, 0) is 56.2 Å². The number of amides is 1. The summed E-state index contributed by atoms with van der Waals surface area (Å²) in [5.41, 5.74) is 4.81. The van der Waals surface area contributed by atoms with Crippen molar-refractivity contribution in [3.8, 4) is 5.75 Å². The van der Waals surface area contributed by atoms with Gasteiger partial charge in [0.15, 0.2) is 0 Å². The van der Waals surface area contributed by atoms with Gasteiger partial charge in [0.2, 0.25) is 5.91 Å². The quantitative estimate of drug-likeness (QED) is 0.519. The van der Waals surface area contributed by atoms with E-state index in [1.807, 2.05) is 48.2 Å². The second-order valence-electron chi connectivity index (χ2n) is 6.98. The zero-order valence-corrected chi connectivity index (χ0v) is 17.8. The molecule has 6 heteroatoms. The van der Waals surface area contributed by atoms with Crippen LogP contribution in [0, 0.1) is 13.8 Å². The first-order valence-electron chi connectivity index (χ1n) is 9.09. The third-order valence-electron chi connectivity index (χ3n) is 5.26. The number of hydrogen-bond donors (Lipinski definition) is 0. The van der Waals surface area contributed by atoms with Gasteiger partial charge >= 0.3 is 0 Å². The zero-order valence-electron chi connectivity index (χ0n) is 16.2. The fourth-order valence-corrected chi connectivity index (χ4v) is 5.11. The molecule has 0 aliphatic carbocycles. The van der Waals surface area contributed by atoms with E-state index >= 15 is 0 Å². The first-order valence-corrected chi connectivity index (χ1v) is 10.4. The fourth-order valence-electron chi connectivity index (χ4n) is 3.52. The number of nitrogens with zero attached hydrogens (tertiary/aromatic N) is 2. The molecule has 4 rings (SSSR count). The molecular weight excluding hydrogens is 392 g/mol. The van der Waals surface area contributed by atoms with Crippen LogP contribution in [0.4, 0.5) is 5.69 Å². The zero-order chi connectivity index (χ0) is 20.0. The van der Waals surface area contributed by atoms with Crippen molar-refractivity contribution in [3.05, 3.63) is 64.3 Å². The number of carbonyl (C=O) groups excluding carboxylic acids is 1. The molecule has 4 nitrogen and oxygen atoms in total. The summed E-state index contributed by atoms with van der Waals surface area (Å²) in [6, 6.07) is 13.8. The molecule has 2 atom stereocenters. The van der Waals surface area contributed by atoms with E-state index in [2.05, 4.69) is 24.9 Å². The summed E-state index contributed by atoms with van der Waals surface area (Å²) in [6.45, 7) is 6.05. The van der Waals surface area contributed by atoms with Crippen molar-refractivity contribution in [3.63, 3.8) is 0 Å². The van der Waals surface area contributed by atoms with E-state index in [0.717, 1.165) is 39.0 Å². The average Bonchev–Trinajstić information content (AvgIpc) is 2.97. The Morgan fingerprint density at radius 1 is 1.18 bits per heavy atom. The van der Waals surface area contributed by atoms with Crippen molar-refractivity contribution < 1.29 is 9.53 Å². The first kappa shape index (κ1) is 19.1. The van der Waals surface area contributed by atoms with Crippen LogP contribution in [-0.4, -0.2) is 23.3 Å². The maximum absolute atomic E-state index is 13.0. The molecule has 0 radical (unpaired) electrons. The summed E-state index contributed by atoms with van der Waals surface area (Å²) in [5, 5.41) is 1.02. The first-order chi connectivity index (χ1) is 13.4. The number of ether oxygens (including phenoxy) is 1. The van der Waals surface area contributed by atoms with Crippen LogP contribution in [0.25, 0.3) is 10.9 Å². The lowest BCUT2D eigenvalue weighted by Gasteiger charge is -2.27. The molecule has 28 heavy (non-hydrogen) atoms. The number of thioether (sulfide) groups is 1. The highest BCUT2D eigenvalue weighted by Crippen LogP contribution is 2.48. The SMILES string of the molecule is COc1ccc2cc(C3SC(C)C(=O)N3c3cccc(C)c3C)c(Cl)nc2c1. The number of methoxy groups -OCH3 is 1. The standard InChI is InChI=1S/C22H21ClN2O2S/c1-12-6-5-7-19(13(12)2)25-21(26)14(3)28-22(25)17-10-15-8-9-16(27-4)11-18(15)24-20(17)23/h5-11,14,22H,1-4H3. The van der Waals surface area contributed by atoms with Crippen molar-refractivity contribution in [1.82, 2.24) is 4.98 Å². The van der Waals surface area contributed by atoms with Crippen LogP contribution in [0.15, 0.2) is 42.5 Å². The molecule has 144 valence electrons. The molecule has 2 aromatic carbocycles. The van der Waals surface area contributed by atoms with E-state index in [-0.39, 0.29) is 16.5 Å². The maximum Gasteiger partial charge on any atom is 0.241 e. The van der Waals surface area contributed by atoms with E-state index in [1.54, 1.807) is 18.9 Å². The molecule has 0 bridgehead atoms. The largest absolute Gasteiger partial charge is 0.497 e. The van der Waals surface area contributed by atoms with E-state index in [4.69, 9.17) is 16.3 Å². The number of pyridine rings is 1. The Morgan fingerprint density at radius 3 is 2.71 bits per heavy atom. The van der Waals surface area contributed by atoms with Crippen molar-refractivity contribution in [2.45, 2.75) is 31.4 Å². The van der Waals surface area contributed by atoms with Crippen LogP contribution < -0.4 is 9.64 Å². The summed E-state index contributed by atoms with van der Waals surface area (Å²) in [7, 11) is 1.63. The van der Waals surface area contributed by atoms with Crippen LogP contribution in [0.5, 0.6) is 5.75 Å². The highest BCUT2D eigenvalue weighted by atomic mass is 35.5. The number of rotatable bonds is 3. The monoisotopic (exact) mass is 412 g/mol. The molecule has 0 spiro atoms. The van der Waals surface area contributed by atoms with Gasteiger partial charge in [-0.1, -0.05) is 23.7 Å². The van der Waals surface area contributed by atoms with E-state index in [0.29, 0.717) is 5.15 Å². The normalized spacial score (nSPS) is 19.5. The number of halogens is 1. The van der Waals surface area contributed by atoms with Gasteiger partial charge in [0.25, 0.3) is 0 Å². The molecule has 0 saturated carbocycles. The van der Waals surface area contributed by atoms with E-state index in [1.165, 1.54) is 0 Å². The minimum atomic E-state index is -0.213. The predicted molar refractivity (Wildman–Crippen MR) is 117 cm³/mol. The number of hydrogen-bond acceptors (Lipinski definition) is 4. The topological polar surface area (TPSA) is 42.4 Å². The third-order valence-corrected chi connectivity index (χ3v) is 6.89. The number of benzene rings is 2. The van der Waals surface area contributed by atoms with Gasteiger partial charge in [-0.25, -0.2) is 4.98 Å². The molecule has 1 fully saturated rings. The van der Waals surface area contributed by atoms with Crippen molar-refractivity contribution in [1.29, 1.82) is 0 Å². The molecule has 2 heterocycles. The maximum atomic E-state index is 13.0. The molecule has 1 amide bonds. The summed E-state index contributed by atoms with van der Waals surface area (Å²) in [6.07, 6.45) is 0. The summed E-state index contributed by atoms with van der Waals surface area (Å²) in [4.78, 5) is 19.5. The highest BCUT2D eigenvalue weighted by Gasteiger charge is 2.41.